The maximum absolute atomic E-state index is 12.3. The third-order valence-electron chi connectivity index (χ3n) is 3.85. The Morgan fingerprint density at radius 1 is 1.33 bits per heavy atom. The van der Waals surface area contributed by atoms with Crippen LogP contribution in [-0.2, 0) is 24.3 Å². The summed E-state index contributed by atoms with van der Waals surface area (Å²) in [5.74, 6) is 0.345. The van der Waals surface area contributed by atoms with Crippen molar-refractivity contribution in [2.45, 2.75) is 32.4 Å². The third kappa shape index (κ3) is 3.99. The Morgan fingerprint density at radius 3 is 3.04 bits per heavy atom. The maximum atomic E-state index is 12.3. The van der Waals surface area contributed by atoms with Crippen molar-refractivity contribution < 1.29 is 9.59 Å². The summed E-state index contributed by atoms with van der Waals surface area (Å²) >= 11 is 0. The van der Waals surface area contributed by atoms with E-state index in [2.05, 4.69) is 20.7 Å². The van der Waals surface area contributed by atoms with Gasteiger partial charge < -0.3 is 20.9 Å². The molecule has 3 heterocycles. The van der Waals surface area contributed by atoms with Gasteiger partial charge in [-0.2, -0.15) is 5.10 Å². The lowest BCUT2D eigenvalue weighted by atomic mass is 10.3. The number of carbonyl (C=O) groups excluding carboxylic acids is 2. The van der Waals surface area contributed by atoms with E-state index in [1.807, 2.05) is 4.57 Å². The molecule has 0 fully saturated rings. The number of nitrogens with two attached hydrogens (primary N) is 1. The molecule has 0 radical (unpaired) electrons. The van der Waals surface area contributed by atoms with Gasteiger partial charge >= 0.3 is 0 Å². The number of imidazole rings is 1. The van der Waals surface area contributed by atoms with Crippen molar-refractivity contribution >= 4 is 17.5 Å². The number of nitrogens with zero attached hydrogens (tertiary/aromatic N) is 4. The predicted molar refractivity (Wildman–Crippen MR) is 87.4 cm³/mol. The minimum atomic E-state index is -0.328. The number of aromatic nitrogens is 4. The minimum absolute atomic E-state index is 0.250. The van der Waals surface area contributed by atoms with E-state index in [0.29, 0.717) is 30.8 Å². The van der Waals surface area contributed by atoms with Gasteiger partial charge in [-0.3, -0.25) is 14.3 Å². The normalized spacial score (nSPS) is 14.0. The summed E-state index contributed by atoms with van der Waals surface area (Å²) in [7, 11) is 0. The SMILES string of the molecule is NC(=O)CCCn1cc(NC(=O)c2cn3c(n2)CCNCC3)cn1. The number of hydrogen-bond acceptors (Lipinski definition) is 5. The quantitative estimate of drug-likeness (QED) is 0.674. The molecule has 2 amide bonds. The smallest absolute Gasteiger partial charge is 0.275 e. The van der Waals surface area contributed by atoms with Crippen LogP contribution in [0.5, 0.6) is 0 Å². The molecule has 0 saturated heterocycles. The molecule has 0 atom stereocenters. The van der Waals surface area contributed by atoms with Crippen LogP contribution in [0.3, 0.4) is 0 Å². The van der Waals surface area contributed by atoms with Gasteiger partial charge in [0.1, 0.15) is 11.5 Å². The van der Waals surface area contributed by atoms with Crippen molar-refractivity contribution in [3.63, 3.8) is 0 Å². The molecule has 0 aromatic carbocycles. The molecule has 0 spiro atoms. The van der Waals surface area contributed by atoms with Gasteiger partial charge in [0, 0.05) is 51.4 Å². The van der Waals surface area contributed by atoms with Crippen LogP contribution >= 0.6 is 0 Å². The Kier molecular flexibility index (Phi) is 4.90. The molecule has 0 bridgehead atoms. The topological polar surface area (TPSA) is 120 Å². The first-order valence-corrected chi connectivity index (χ1v) is 8.01. The van der Waals surface area contributed by atoms with Gasteiger partial charge in [0.05, 0.1) is 11.9 Å². The van der Waals surface area contributed by atoms with E-state index in [1.54, 1.807) is 23.3 Å². The lowest BCUT2D eigenvalue weighted by Crippen LogP contribution is -2.18. The van der Waals surface area contributed by atoms with Crippen molar-refractivity contribution in [1.29, 1.82) is 0 Å². The molecule has 3 rings (SSSR count). The first-order valence-electron chi connectivity index (χ1n) is 8.01. The van der Waals surface area contributed by atoms with Crippen molar-refractivity contribution in [3.8, 4) is 0 Å². The number of aryl methyl sites for hydroxylation is 1. The van der Waals surface area contributed by atoms with Crippen LogP contribution in [0.25, 0.3) is 0 Å². The van der Waals surface area contributed by atoms with Crippen molar-refractivity contribution in [3.05, 3.63) is 30.1 Å². The van der Waals surface area contributed by atoms with Crippen molar-refractivity contribution in [2.75, 3.05) is 18.4 Å². The molecule has 1 aliphatic heterocycles. The van der Waals surface area contributed by atoms with E-state index < -0.39 is 0 Å². The van der Waals surface area contributed by atoms with Gasteiger partial charge in [-0.1, -0.05) is 0 Å². The van der Waals surface area contributed by atoms with Gasteiger partial charge in [0.15, 0.2) is 0 Å². The average molecular weight is 331 g/mol. The Hall–Kier alpha value is -2.68. The number of nitrogens with one attached hydrogen (secondary N) is 2. The Bertz CT molecular complexity index is 711. The molecule has 4 N–H and O–H groups in total. The van der Waals surface area contributed by atoms with Gasteiger partial charge in [-0.25, -0.2) is 4.98 Å². The van der Waals surface area contributed by atoms with Gasteiger partial charge in [-0.15, -0.1) is 0 Å². The lowest BCUT2D eigenvalue weighted by molar-refractivity contribution is -0.118. The van der Waals surface area contributed by atoms with Crippen LogP contribution in [0.4, 0.5) is 5.69 Å². The summed E-state index contributed by atoms with van der Waals surface area (Å²) in [4.78, 5) is 27.5. The van der Waals surface area contributed by atoms with Crippen molar-refractivity contribution in [2.24, 2.45) is 5.73 Å². The second-order valence-corrected chi connectivity index (χ2v) is 5.75. The molecule has 9 heteroatoms. The second kappa shape index (κ2) is 7.26. The Balaban J connectivity index is 1.59. The first kappa shape index (κ1) is 16.2. The summed E-state index contributed by atoms with van der Waals surface area (Å²) in [6.45, 7) is 3.14. The van der Waals surface area contributed by atoms with E-state index in [0.717, 1.165) is 31.9 Å². The van der Waals surface area contributed by atoms with Gasteiger partial charge in [-0.05, 0) is 6.42 Å². The molecule has 128 valence electrons. The van der Waals surface area contributed by atoms with Crippen LogP contribution in [0.15, 0.2) is 18.6 Å². The van der Waals surface area contributed by atoms with Gasteiger partial charge in [0.25, 0.3) is 5.91 Å². The molecule has 2 aromatic rings. The fourth-order valence-electron chi connectivity index (χ4n) is 2.64. The Morgan fingerprint density at radius 2 is 2.21 bits per heavy atom. The Labute approximate surface area is 139 Å². The zero-order valence-corrected chi connectivity index (χ0v) is 13.4. The van der Waals surface area contributed by atoms with Gasteiger partial charge in [0.2, 0.25) is 5.91 Å². The molecule has 0 unspecified atom stereocenters. The lowest BCUT2D eigenvalue weighted by Gasteiger charge is -2.00. The number of amides is 2. The van der Waals surface area contributed by atoms with E-state index in [1.165, 1.54) is 0 Å². The van der Waals surface area contributed by atoms with Crippen molar-refractivity contribution in [1.82, 2.24) is 24.6 Å². The molecule has 2 aromatic heterocycles. The highest BCUT2D eigenvalue weighted by atomic mass is 16.2. The van der Waals surface area contributed by atoms with Crippen LogP contribution in [0.1, 0.15) is 29.2 Å². The monoisotopic (exact) mass is 331 g/mol. The first-order chi connectivity index (χ1) is 11.6. The molecular formula is C15H21N7O2. The fourth-order valence-corrected chi connectivity index (χ4v) is 2.64. The van der Waals surface area contributed by atoms with Crippen LogP contribution in [0, 0.1) is 0 Å². The summed E-state index contributed by atoms with van der Waals surface area (Å²) in [5.41, 5.74) is 6.12. The maximum Gasteiger partial charge on any atom is 0.275 e. The molecule has 24 heavy (non-hydrogen) atoms. The third-order valence-corrected chi connectivity index (χ3v) is 3.85. The molecule has 0 aliphatic carbocycles. The second-order valence-electron chi connectivity index (χ2n) is 5.75. The summed E-state index contributed by atoms with van der Waals surface area (Å²) in [6, 6.07) is 0. The number of primary amides is 1. The average Bonchev–Trinajstić information content (AvgIpc) is 3.09. The highest BCUT2D eigenvalue weighted by Gasteiger charge is 2.16. The fraction of sp³-hybridized carbons (Fsp3) is 0.467. The predicted octanol–water partition coefficient (Wildman–Crippen LogP) is -0.257. The number of hydrogen-bond donors (Lipinski definition) is 3. The number of anilines is 1. The van der Waals surface area contributed by atoms with Crippen LogP contribution in [0.2, 0.25) is 0 Å². The number of carbonyl (C=O) groups is 2. The number of fused-ring (bicyclic) bond motifs is 1. The zero-order chi connectivity index (χ0) is 16.9. The van der Waals surface area contributed by atoms with Crippen LogP contribution < -0.4 is 16.4 Å². The minimum Gasteiger partial charge on any atom is -0.370 e. The molecular weight excluding hydrogens is 310 g/mol. The standard InChI is InChI=1S/C15H21N7O2/c16-13(23)2-1-6-22-9-11(8-18-22)19-15(24)12-10-21-7-5-17-4-3-14(21)20-12/h8-10,17H,1-7H2,(H2,16,23)(H,19,24). The van der Waals surface area contributed by atoms with E-state index in [-0.39, 0.29) is 11.8 Å². The van der Waals surface area contributed by atoms with E-state index in [9.17, 15) is 9.59 Å². The zero-order valence-electron chi connectivity index (χ0n) is 13.4. The summed E-state index contributed by atoms with van der Waals surface area (Å²) in [6.07, 6.45) is 6.83. The largest absolute Gasteiger partial charge is 0.370 e. The number of rotatable bonds is 6. The molecule has 0 saturated carbocycles. The van der Waals surface area contributed by atoms with E-state index in [4.69, 9.17) is 5.73 Å². The van der Waals surface area contributed by atoms with E-state index >= 15 is 0 Å². The summed E-state index contributed by atoms with van der Waals surface area (Å²) in [5, 5.41) is 10.2. The summed E-state index contributed by atoms with van der Waals surface area (Å²) < 4.78 is 3.69. The highest BCUT2D eigenvalue weighted by Crippen LogP contribution is 2.11. The molecule has 1 aliphatic rings. The molecule has 9 nitrogen and oxygen atoms in total. The van der Waals surface area contributed by atoms with Crippen LogP contribution in [-0.4, -0.2) is 44.2 Å². The highest BCUT2D eigenvalue weighted by molar-refractivity contribution is 6.02.